The molecule has 3 atom stereocenters. The maximum absolute atomic E-state index is 13.0. The molecule has 2 aliphatic rings. The molecule has 62 heavy (non-hydrogen) atoms. The van der Waals surface area contributed by atoms with Crippen LogP contribution in [0.1, 0.15) is 240 Å². The second-order valence-corrected chi connectivity index (χ2v) is 21.1. The number of hydrogen-bond acceptors (Lipinski definition) is 10. The van der Waals surface area contributed by atoms with Gasteiger partial charge in [-0.15, -0.1) is 0 Å². The molecule has 0 aromatic rings. The molecule has 0 amide bonds. The minimum absolute atomic E-state index is 0.0242. The van der Waals surface area contributed by atoms with E-state index in [0.717, 1.165) is 139 Å². The predicted molar refractivity (Wildman–Crippen MR) is 265 cm³/mol. The molecule has 2 fully saturated rings. The minimum atomic E-state index is -0.598. The Labute approximate surface area is 391 Å². The van der Waals surface area contributed by atoms with E-state index in [0.29, 0.717) is 19.4 Å². The van der Waals surface area contributed by atoms with Gasteiger partial charge in [-0.05, 0) is 95.0 Å². The van der Waals surface area contributed by atoms with E-state index in [-0.39, 0.29) is 36.4 Å². The molecule has 0 aromatic heterocycles. The molecule has 0 aliphatic carbocycles. The highest BCUT2D eigenvalue weighted by molar-refractivity contribution is 7.99. The first kappa shape index (κ1) is 57.6. The number of nitrogens with zero attached hydrogens (tertiary/aromatic N) is 1. The second kappa shape index (κ2) is 39.6. The number of aliphatic hydroxyl groups excluding tert-OH is 1. The number of carbonyl (C=O) groups is 2. The van der Waals surface area contributed by atoms with E-state index in [1.54, 1.807) is 0 Å². The lowest BCUT2D eigenvalue weighted by atomic mass is 9.99. The minimum Gasteiger partial charge on any atom is -0.461 e. The Morgan fingerprint density at radius 2 is 1.05 bits per heavy atom. The largest absolute Gasteiger partial charge is 0.461 e. The standard InChI is InChI=1S/C52H99NO7S2/c1-5-9-13-15-17-19-21-31-50(55)58-48(44-61-41-27-11-7-3)29-23-25-36-52(57-43-47(60-52)35-40-53-38-33-46(54)34-39-53)37-26-24-30-49(45-62-42-28-12-8-4)59-51(56)32-22-20-18-16-14-10-6-2/h46-49,54H,5-45H2,1-4H3. The van der Waals surface area contributed by atoms with E-state index < -0.39 is 5.79 Å². The number of carbonyl (C=O) groups excluding carboxylic acids is 2. The Balaban J connectivity index is 1.96. The zero-order chi connectivity index (χ0) is 44.8. The van der Waals surface area contributed by atoms with Crippen molar-refractivity contribution in [1.29, 1.82) is 0 Å². The highest BCUT2D eigenvalue weighted by atomic mass is 32.2. The zero-order valence-electron chi connectivity index (χ0n) is 41.0. The maximum Gasteiger partial charge on any atom is 0.306 e. The first-order valence-corrected chi connectivity index (χ1v) is 28.9. The number of aliphatic hydroxyl groups is 1. The highest BCUT2D eigenvalue weighted by Gasteiger charge is 2.40. The molecule has 1 N–H and O–H groups in total. The summed E-state index contributed by atoms with van der Waals surface area (Å²) in [7, 11) is 0. The Hall–Kier alpha value is -0.520. The van der Waals surface area contributed by atoms with E-state index in [9.17, 15) is 14.7 Å². The summed E-state index contributed by atoms with van der Waals surface area (Å²) in [5, 5.41) is 10.0. The molecule has 2 aliphatic heterocycles. The molecule has 8 nitrogen and oxygen atoms in total. The summed E-state index contributed by atoms with van der Waals surface area (Å²) in [6, 6.07) is 0. The van der Waals surface area contributed by atoms with Crippen molar-refractivity contribution in [2.24, 2.45) is 0 Å². The van der Waals surface area contributed by atoms with E-state index in [2.05, 4.69) is 32.6 Å². The smallest absolute Gasteiger partial charge is 0.306 e. The third-order valence-corrected chi connectivity index (χ3v) is 15.2. The molecule has 2 saturated heterocycles. The van der Waals surface area contributed by atoms with Crippen molar-refractivity contribution in [2.75, 3.05) is 49.3 Å². The van der Waals surface area contributed by atoms with Crippen LogP contribution in [0.5, 0.6) is 0 Å². The normalized spacial score (nSPS) is 19.5. The molecule has 0 bridgehead atoms. The lowest BCUT2D eigenvalue weighted by molar-refractivity contribution is -0.180. The van der Waals surface area contributed by atoms with Crippen LogP contribution in [0.25, 0.3) is 0 Å². The number of rotatable bonds is 43. The molecule has 10 heteroatoms. The molecule has 0 radical (unpaired) electrons. The lowest BCUT2D eigenvalue weighted by Gasteiger charge is -2.31. The number of thioether (sulfide) groups is 2. The third kappa shape index (κ3) is 30.6. The first-order valence-electron chi connectivity index (χ1n) is 26.6. The summed E-state index contributed by atoms with van der Waals surface area (Å²) < 4.78 is 25.9. The Bertz CT molecular complexity index is 987. The van der Waals surface area contributed by atoms with Gasteiger partial charge in [0.15, 0.2) is 5.79 Å². The maximum atomic E-state index is 13.0. The van der Waals surface area contributed by atoms with Crippen LogP contribution in [0.4, 0.5) is 0 Å². The molecule has 2 heterocycles. The van der Waals surface area contributed by atoms with Crippen LogP contribution in [-0.4, -0.2) is 101 Å². The van der Waals surface area contributed by atoms with Crippen molar-refractivity contribution in [3.05, 3.63) is 0 Å². The Kier molecular flexibility index (Phi) is 36.8. The van der Waals surface area contributed by atoms with Gasteiger partial charge in [-0.2, -0.15) is 23.5 Å². The van der Waals surface area contributed by atoms with Crippen LogP contribution in [0.15, 0.2) is 0 Å². The number of unbranched alkanes of at least 4 members (excludes halogenated alkanes) is 18. The van der Waals surface area contributed by atoms with Gasteiger partial charge in [0.1, 0.15) is 12.2 Å². The van der Waals surface area contributed by atoms with Gasteiger partial charge in [0.2, 0.25) is 0 Å². The number of piperidine rings is 1. The summed E-state index contributed by atoms with van der Waals surface area (Å²) in [5.41, 5.74) is 0. The molecule has 0 aromatic carbocycles. The summed E-state index contributed by atoms with van der Waals surface area (Å²) in [6.07, 6.45) is 35.1. The van der Waals surface area contributed by atoms with Crippen LogP contribution >= 0.6 is 23.5 Å². The molecule has 3 unspecified atom stereocenters. The Morgan fingerprint density at radius 1 is 0.613 bits per heavy atom. The van der Waals surface area contributed by atoms with Crippen molar-refractivity contribution < 1.29 is 33.6 Å². The molecule has 366 valence electrons. The highest BCUT2D eigenvalue weighted by Crippen LogP contribution is 2.36. The van der Waals surface area contributed by atoms with Crippen LogP contribution in [0, 0.1) is 0 Å². The number of likely N-dealkylation sites (tertiary alicyclic amines) is 1. The fourth-order valence-corrected chi connectivity index (χ4v) is 10.9. The van der Waals surface area contributed by atoms with E-state index >= 15 is 0 Å². The molecule has 2 rings (SSSR count). The van der Waals surface area contributed by atoms with Crippen molar-refractivity contribution in [2.45, 2.75) is 270 Å². The van der Waals surface area contributed by atoms with Gasteiger partial charge in [-0.1, -0.05) is 130 Å². The summed E-state index contributed by atoms with van der Waals surface area (Å²) in [4.78, 5) is 28.4. The van der Waals surface area contributed by atoms with Gasteiger partial charge in [-0.3, -0.25) is 9.59 Å². The van der Waals surface area contributed by atoms with E-state index in [1.807, 2.05) is 23.5 Å². The third-order valence-electron chi connectivity index (χ3n) is 12.9. The number of ether oxygens (including phenoxy) is 4. The SMILES string of the molecule is CCCCCCCCCC(=O)OC(CCCCC1(CCCCC(CSCCCCC)OC(=O)CCCCCCCCC)OCC(CCN2CCC(O)CC2)O1)CSCCCCC. The molecule has 0 spiro atoms. The van der Waals surface area contributed by atoms with Crippen molar-refractivity contribution >= 4 is 35.5 Å². The summed E-state index contributed by atoms with van der Waals surface area (Å²) in [6.45, 7) is 12.5. The number of hydrogen-bond donors (Lipinski definition) is 1. The monoisotopic (exact) mass is 914 g/mol. The van der Waals surface area contributed by atoms with Crippen LogP contribution < -0.4 is 0 Å². The van der Waals surface area contributed by atoms with Crippen molar-refractivity contribution in [1.82, 2.24) is 4.90 Å². The average molecular weight is 914 g/mol. The van der Waals surface area contributed by atoms with Crippen LogP contribution in [-0.2, 0) is 28.5 Å². The first-order chi connectivity index (χ1) is 30.3. The molecular formula is C52H99NO7S2. The molecular weight excluding hydrogens is 815 g/mol. The van der Waals surface area contributed by atoms with Gasteiger partial charge < -0.3 is 29.0 Å². The number of esters is 2. The van der Waals surface area contributed by atoms with Crippen molar-refractivity contribution in [3.63, 3.8) is 0 Å². The Morgan fingerprint density at radius 3 is 1.52 bits per heavy atom. The lowest BCUT2D eigenvalue weighted by Crippen LogP contribution is -2.38. The van der Waals surface area contributed by atoms with Gasteiger partial charge in [0.25, 0.3) is 0 Å². The van der Waals surface area contributed by atoms with E-state index in [4.69, 9.17) is 18.9 Å². The summed E-state index contributed by atoms with van der Waals surface area (Å²) >= 11 is 3.88. The van der Waals surface area contributed by atoms with Crippen LogP contribution in [0.2, 0.25) is 0 Å². The van der Waals surface area contributed by atoms with Gasteiger partial charge in [0, 0.05) is 56.8 Å². The van der Waals surface area contributed by atoms with Crippen molar-refractivity contribution in [3.8, 4) is 0 Å². The predicted octanol–water partition coefficient (Wildman–Crippen LogP) is 14.0. The van der Waals surface area contributed by atoms with Crippen LogP contribution in [0.3, 0.4) is 0 Å². The molecule has 0 saturated carbocycles. The van der Waals surface area contributed by atoms with Gasteiger partial charge >= 0.3 is 11.9 Å². The summed E-state index contributed by atoms with van der Waals surface area (Å²) in [5.74, 6) is 3.36. The average Bonchev–Trinajstić information content (AvgIpc) is 3.68. The van der Waals surface area contributed by atoms with Gasteiger partial charge in [0.05, 0.1) is 18.8 Å². The topological polar surface area (TPSA) is 94.5 Å². The zero-order valence-corrected chi connectivity index (χ0v) is 42.6. The van der Waals surface area contributed by atoms with E-state index in [1.165, 1.54) is 103 Å². The second-order valence-electron chi connectivity index (χ2n) is 18.8. The fraction of sp³-hybridized carbons (Fsp3) is 0.962. The fourth-order valence-electron chi connectivity index (χ4n) is 8.78. The van der Waals surface area contributed by atoms with Gasteiger partial charge in [-0.25, -0.2) is 0 Å². The quantitative estimate of drug-likeness (QED) is 0.0471.